The van der Waals surface area contributed by atoms with Crippen molar-refractivity contribution < 1.29 is 9.59 Å². The summed E-state index contributed by atoms with van der Waals surface area (Å²) < 4.78 is 1.58. The van der Waals surface area contributed by atoms with Crippen molar-refractivity contribution in [2.45, 2.75) is 18.9 Å². The number of aromatic nitrogens is 2. The Kier molecular flexibility index (Phi) is 4.15. The number of para-hydroxylation sites is 1. The lowest BCUT2D eigenvalue weighted by Crippen LogP contribution is -2.63. The van der Waals surface area contributed by atoms with Gasteiger partial charge in [0.2, 0.25) is 5.91 Å². The minimum atomic E-state index is -0.638. The Morgan fingerprint density at radius 2 is 2.04 bits per heavy atom. The quantitative estimate of drug-likeness (QED) is 0.849. The van der Waals surface area contributed by atoms with Gasteiger partial charge in [-0.25, -0.2) is 0 Å². The van der Waals surface area contributed by atoms with Crippen LogP contribution in [0.2, 0.25) is 0 Å². The summed E-state index contributed by atoms with van der Waals surface area (Å²) in [4.78, 5) is 24.9. The van der Waals surface area contributed by atoms with E-state index in [0.717, 1.165) is 5.69 Å². The Labute approximate surface area is 144 Å². The highest BCUT2D eigenvalue weighted by molar-refractivity contribution is 5.98. The molecule has 128 valence electrons. The van der Waals surface area contributed by atoms with Crippen LogP contribution >= 0.6 is 0 Å². The van der Waals surface area contributed by atoms with E-state index in [-0.39, 0.29) is 17.9 Å². The van der Waals surface area contributed by atoms with Crippen LogP contribution in [-0.4, -0.2) is 39.6 Å². The van der Waals surface area contributed by atoms with Crippen LogP contribution in [0.15, 0.2) is 36.5 Å². The van der Waals surface area contributed by atoms with Crippen molar-refractivity contribution in [2.75, 3.05) is 18.4 Å². The molecule has 2 heterocycles. The first-order valence-electron chi connectivity index (χ1n) is 7.80. The second kappa shape index (κ2) is 6.28. The van der Waals surface area contributed by atoms with Crippen molar-refractivity contribution in [1.29, 1.82) is 5.26 Å². The molecule has 0 spiro atoms. The fourth-order valence-electron chi connectivity index (χ4n) is 2.92. The van der Waals surface area contributed by atoms with Gasteiger partial charge < -0.3 is 16.0 Å². The van der Waals surface area contributed by atoms with Crippen LogP contribution in [0.5, 0.6) is 0 Å². The number of rotatable bonds is 5. The molecule has 2 amide bonds. The summed E-state index contributed by atoms with van der Waals surface area (Å²) in [5, 5.41) is 16.7. The molecule has 0 radical (unpaired) electrons. The van der Waals surface area contributed by atoms with Gasteiger partial charge in [-0.15, -0.1) is 0 Å². The van der Waals surface area contributed by atoms with E-state index in [1.165, 1.54) is 6.92 Å². The first kappa shape index (κ1) is 16.5. The summed E-state index contributed by atoms with van der Waals surface area (Å²) >= 11 is 0. The summed E-state index contributed by atoms with van der Waals surface area (Å²) in [6, 6.07) is 11.4. The molecule has 0 aliphatic carbocycles. The van der Waals surface area contributed by atoms with Crippen molar-refractivity contribution in [3.8, 4) is 6.07 Å². The zero-order chi connectivity index (χ0) is 18.0. The number of benzene rings is 1. The molecular formula is C17H18N6O2. The van der Waals surface area contributed by atoms with Crippen LogP contribution < -0.4 is 11.1 Å². The number of hydrogen-bond acceptors (Lipinski definition) is 5. The van der Waals surface area contributed by atoms with Crippen molar-refractivity contribution in [1.82, 2.24) is 14.7 Å². The SMILES string of the molecule is CC(=O)N1CC(CC#N)(n2cc(C(N)=O)c(Nc3ccccc3)n2)C1. The number of carbonyl (C=O) groups is 2. The molecule has 1 fully saturated rings. The third-order valence-electron chi connectivity index (χ3n) is 4.33. The first-order valence-corrected chi connectivity index (χ1v) is 7.80. The van der Waals surface area contributed by atoms with Crippen LogP contribution in [0, 0.1) is 11.3 Å². The fourth-order valence-corrected chi connectivity index (χ4v) is 2.92. The smallest absolute Gasteiger partial charge is 0.254 e. The molecule has 8 nitrogen and oxygen atoms in total. The number of hydrogen-bond donors (Lipinski definition) is 2. The van der Waals surface area contributed by atoms with Gasteiger partial charge in [0, 0.05) is 31.9 Å². The molecule has 1 aromatic heterocycles. The zero-order valence-electron chi connectivity index (χ0n) is 13.8. The Morgan fingerprint density at radius 1 is 1.36 bits per heavy atom. The largest absolute Gasteiger partial charge is 0.365 e. The number of likely N-dealkylation sites (tertiary alicyclic amines) is 1. The number of amides is 2. The standard InChI is InChI=1S/C17H18N6O2/c1-12(24)22-10-17(11-22,7-8-18)23-9-14(15(19)25)16(21-23)20-13-5-3-2-4-6-13/h2-6,9H,7,10-11H2,1H3,(H2,19,25)(H,20,21). The van der Waals surface area contributed by atoms with Gasteiger partial charge in [-0.05, 0) is 12.1 Å². The lowest BCUT2D eigenvalue weighted by atomic mass is 9.87. The molecule has 0 bridgehead atoms. The highest BCUT2D eigenvalue weighted by Crippen LogP contribution is 2.34. The number of anilines is 2. The minimum absolute atomic E-state index is 0.0570. The van der Waals surface area contributed by atoms with Crippen LogP contribution in [0.3, 0.4) is 0 Å². The summed E-state index contributed by atoms with van der Waals surface area (Å²) in [7, 11) is 0. The number of nitrogens with one attached hydrogen (secondary N) is 1. The predicted octanol–water partition coefficient (Wildman–Crippen LogP) is 1.20. The maximum absolute atomic E-state index is 11.8. The molecule has 1 aliphatic rings. The molecule has 0 saturated carbocycles. The molecule has 1 aromatic carbocycles. The summed E-state index contributed by atoms with van der Waals surface area (Å²) in [6.07, 6.45) is 1.73. The molecule has 1 aliphatic heterocycles. The number of carbonyl (C=O) groups excluding carboxylic acids is 2. The number of primary amides is 1. The Bertz CT molecular complexity index is 846. The van der Waals surface area contributed by atoms with Gasteiger partial charge in [0.15, 0.2) is 5.82 Å². The van der Waals surface area contributed by atoms with Crippen LogP contribution in [0.25, 0.3) is 0 Å². The van der Waals surface area contributed by atoms with Crippen molar-refractivity contribution in [3.63, 3.8) is 0 Å². The topological polar surface area (TPSA) is 117 Å². The van der Waals surface area contributed by atoms with E-state index in [1.54, 1.807) is 15.8 Å². The molecule has 2 aromatic rings. The number of nitrogens with zero attached hydrogens (tertiary/aromatic N) is 4. The van der Waals surface area contributed by atoms with E-state index in [4.69, 9.17) is 5.73 Å². The van der Waals surface area contributed by atoms with Crippen molar-refractivity contribution in [3.05, 3.63) is 42.1 Å². The molecule has 8 heteroatoms. The van der Waals surface area contributed by atoms with Crippen molar-refractivity contribution in [2.24, 2.45) is 5.73 Å². The summed E-state index contributed by atoms with van der Waals surface area (Å²) in [5.41, 5.74) is 5.84. The van der Waals surface area contributed by atoms with Gasteiger partial charge in [0.05, 0.1) is 12.5 Å². The van der Waals surface area contributed by atoms with Crippen LogP contribution in [0.4, 0.5) is 11.5 Å². The molecule has 0 unspecified atom stereocenters. The van der Waals surface area contributed by atoms with Crippen LogP contribution in [-0.2, 0) is 10.3 Å². The average molecular weight is 338 g/mol. The molecular weight excluding hydrogens is 320 g/mol. The van der Waals surface area contributed by atoms with Gasteiger partial charge in [0.25, 0.3) is 5.91 Å². The maximum atomic E-state index is 11.8. The molecule has 3 rings (SSSR count). The van der Waals surface area contributed by atoms with E-state index in [2.05, 4.69) is 16.5 Å². The van der Waals surface area contributed by atoms with Crippen molar-refractivity contribution >= 4 is 23.3 Å². The molecule has 1 saturated heterocycles. The monoisotopic (exact) mass is 338 g/mol. The van der Waals surface area contributed by atoms with E-state index >= 15 is 0 Å². The fraction of sp³-hybridized carbons (Fsp3) is 0.294. The number of nitriles is 1. The molecule has 25 heavy (non-hydrogen) atoms. The third kappa shape index (κ3) is 3.04. The van der Waals surface area contributed by atoms with E-state index < -0.39 is 11.4 Å². The highest BCUT2D eigenvalue weighted by atomic mass is 16.2. The van der Waals surface area contributed by atoms with Crippen LogP contribution in [0.1, 0.15) is 23.7 Å². The first-order chi connectivity index (χ1) is 11.9. The predicted molar refractivity (Wildman–Crippen MR) is 90.9 cm³/mol. The Balaban J connectivity index is 1.94. The summed E-state index contributed by atoms with van der Waals surface area (Å²) in [6.45, 7) is 2.23. The van der Waals surface area contributed by atoms with E-state index in [0.29, 0.717) is 18.9 Å². The molecule has 0 atom stereocenters. The Hall–Kier alpha value is -3.34. The van der Waals surface area contributed by atoms with E-state index in [9.17, 15) is 14.9 Å². The molecule has 3 N–H and O–H groups in total. The Morgan fingerprint density at radius 3 is 2.60 bits per heavy atom. The minimum Gasteiger partial charge on any atom is -0.365 e. The van der Waals surface area contributed by atoms with E-state index in [1.807, 2.05) is 30.3 Å². The average Bonchev–Trinajstić information content (AvgIpc) is 2.95. The van der Waals surface area contributed by atoms with Gasteiger partial charge in [-0.1, -0.05) is 18.2 Å². The lowest BCUT2D eigenvalue weighted by Gasteiger charge is -2.48. The third-order valence-corrected chi connectivity index (χ3v) is 4.33. The zero-order valence-corrected chi connectivity index (χ0v) is 13.8. The second-order valence-electron chi connectivity index (χ2n) is 6.13. The number of nitrogens with two attached hydrogens (primary N) is 1. The normalized spacial score (nSPS) is 15.1. The lowest BCUT2D eigenvalue weighted by molar-refractivity contribution is -0.140. The summed E-state index contributed by atoms with van der Waals surface area (Å²) in [5.74, 6) is -0.338. The van der Waals surface area contributed by atoms with Gasteiger partial charge in [-0.2, -0.15) is 10.4 Å². The van der Waals surface area contributed by atoms with Gasteiger partial charge in [0.1, 0.15) is 11.1 Å². The van der Waals surface area contributed by atoms with Gasteiger partial charge >= 0.3 is 0 Å². The maximum Gasteiger partial charge on any atom is 0.254 e. The highest BCUT2D eigenvalue weighted by Gasteiger charge is 2.47. The van der Waals surface area contributed by atoms with Gasteiger partial charge in [-0.3, -0.25) is 14.3 Å². The second-order valence-corrected chi connectivity index (χ2v) is 6.13.